The second-order valence-electron chi connectivity index (χ2n) is 7.12. The van der Waals surface area contributed by atoms with Crippen LogP contribution in [0, 0.1) is 17.7 Å². The summed E-state index contributed by atoms with van der Waals surface area (Å²) >= 11 is 0. The quantitative estimate of drug-likeness (QED) is 0.853. The fourth-order valence-corrected chi connectivity index (χ4v) is 3.68. The van der Waals surface area contributed by atoms with Crippen LogP contribution in [0.2, 0.25) is 0 Å². The third kappa shape index (κ3) is 3.43. The number of rotatable bonds is 4. The second kappa shape index (κ2) is 6.94. The first kappa shape index (κ1) is 16.2. The molecule has 1 amide bonds. The number of piperidine rings is 1. The first-order valence-corrected chi connectivity index (χ1v) is 9.07. The molecular weight excluding hydrogens is 321 g/mol. The normalized spacial score (nSPS) is 21.2. The van der Waals surface area contributed by atoms with E-state index in [-0.39, 0.29) is 17.6 Å². The molecule has 0 bridgehead atoms. The lowest BCUT2D eigenvalue weighted by Gasteiger charge is -2.37. The molecule has 2 heterocycles. The fraction of sp³-hybridized carbons (Fsp3) is 0.526. The van der Waals surface area contributed by atoms with E-state index < -0.39 is 0 Å². The summed E-state index contributed by atoms with van der Waals surface area (Å²) in [5.41, 5.74) is 0.350. The van der Waals surface area contributed by atoms with Gasteiger partial charge in [0.2, 0.25) is 17.6 Å². The summed E-state index contributed by atoms with van der Waals surface area (Å²) in [6.45, 7) is 1.61. The maximum Gasteiger partial charge on any atom is 0.227 e. The molecule has 1 saturated carbocycles. The van der Waals surface area contributed by atoms with Crippen LogP contribution < -0.4 is 0 Å². The van der Waals surface area contributed by atoms with Gasteiger partial charge < -0.3 is 9.42 Å². The van der Waals surface area contributed by atoms with Gasteiger partial charge in [-0.15, -0.1) is 0 Å². The summed E-state index contributed by atoms with van der Waals surface area (Å²) < 4.78 is 19.2. The molecule has 1 unspecified atom stereocenters. The Balaban J connectivity index is 1.40. The largest absolute Gasteiger partial charge is 0.342 e. The average molecular weight is 343 g/mol. The molecule has 0 radical (unpaired) electrons. The lowest BCUT2D eigenvalue weighted by atomic mass is 9.83. The Labute approximate surface area is 146 Å². The lowest BCUT2D eigenvalue weighted by molar-refractivity contribution is -0.140. The van der Waals surface area contributed by atoms with E-state index >= 15 is 0 Å². The highest BCUT2D eigenvalue weighted by atomic mass is 19.1. The molecule has 132 valence electrons. The molecule has 1 aromatic heterocycles. The summed E-state index contributed by atoms with van der Waals surface area (Å²) in [4.78, 5) is 18.8. The van der Waals surface area contributed by atoms with Gasteiger partial charge in [0.15, 0.2) is 0 Å². The van der Waals surface area contributed by atoms with Crippen molar-refractivity contribution in [3.8, 4) is 11.4 Å². The standard InChI is InChI=1S/C19H22FN3O2/c20-16-9-2-1-8-15(16)18-21-17(25-22-18)11-13-5-4-10-23(12-13)19(24)14-6-3-7-14/h1-2,8-9,13-14H,3-7,10-12H2. The minimum atomic E-state index is -0.357. The Bertz CT molecular complexity index is 757. The zero-order valence-corrected chi connectivity index (χ0v) is 14.2. The molecule has 1 aliphatic heterocycles. The van der Waals surface area contributed by atoms with Crippen LogP contribution in [-0.2, 0) is 11.2 Å². The van der Waals surface area contributed by atoms with Crippen LogP contribution in [0.5, 0.6) is 0 Å². The molecule has 1 aromatic carbocycles. The van der Waals surface area contributed by atoms with Crippen molar-refractivity contribution >= 4 is 5.91 Å². The maximum absolute atomic E-state index is 13.8. The molecule has 1 aliphatic carbocycles. The predicted molar refractivity (Wildman–Crippen MR) is 90.0 cm³/mol. The average Bonchev–Trinajstić information content (AvgIpc) is 3.02. The molecule has 4 rings (SSSR count). The summed E-state index contributed by atoms with van der Waals surface area (Å²) in [6.07, 6.45) is 5.94. The van der Waals surface area contributed by atoms with Crippen molar-refractivity contribution in [2.24, 2.45) is 11.8 Å². The number of aromatic nitrogens is 2. The monoisotopic (exact) mass is 343 g/mol. The molecule has 6 heteroatoms. The SMILES string of the molecule is O=C(C1CCC1)N1CCCC(Cc2nc(-c3ccccc3F)no2)C1. The molecule has 2 aromatic rings. The van der Waals surface area contributed by atoms with Gasteiger partial charge in [-0.25, -0.2) is 4.39 Å². The van der Waals surface area contributed by atoms with Gasteiger partial charge in [0.25, 0.3) is 0 Å². The van der Waals surface area contributed by atoms with Crippen molar-refractivity contribution in [3.63, 3.8) is 0 Å². The lowest BCUT2D eigenvalue weighted by Crippen LogP contribution is -2.45. The number of carbonyl (C=O) groups is 1. The van der Waals surface area contributed by atoms with E-state index in [1.165, 1.54) is 12.5 Å². The van der Waals surface area contributed by atoms with Gasteiger partial charge in [-0.1, -0.05) is 23.7 Å². The van der Waals surface area contributed by atoms with Gasteiger partial charge in [0.1, 0.15) is 5.82 Å². The number of likely N-dealkylation sites (tertiary alicyclic amines) is 1. The Morgan fingerprint density at radius 3 is 2.84 bits per heavy atom. The smallest absolute Gasteiger partial charge is 0.227 e. The molecule has 1 atom stereocenters. The van der Waals surface area contributed by atoms with Crippen LogP contribution >= 0.6 is 0 Å². The maximum atomic E-state index is 13.8. The van der Waals surface area contributed by atoms with Crippen molar-refractivity contribution in [1.29, 1.82) is 0 Å². The zero-order chi connectivity index (χ0) is 17.2. The minimum Gasteiger partial charge on any atom is -0.342 e. The first-order chi connectivity index (χ1) is 12.2. The van der Waals surface area contributed by atoms with E-state index in [9.17, 15) is 9.18 Å². The van der Waals surface area contributed by atoms with Crippen LogP contribution in [0.25, 0.3) is 11.4 Å². The van der Waals surface area contributed by atoms with Gasteiger partial charge in [0.05, 0.1) is 5.56 Å². The van der Waals surface area contributed by atoms with Crippen molar-refractivity contribution in [2.45, 2.75) is 38.5 Å². The van der Waals surface area contributed by atoms with Crippen LogP contribution in [0.15, 0.2) is 28.8 Å². The molecule has 2 aliphatic rings. The predicted octanol–water partition coefficient (Wildman–Crippen LogP) is 3.46. The third-order valence-electron chi connectivity index (χ3n) is 5.33. The van der Waals surface area contributed by atoms with Gasteiger partial charge in [-0.2, -0.15) is 4.98 Å². The summed E-state index contributed by atoms with van der Waals surface area (Å²) in [5, 5.41) is 3.91. The number of benzene rings is 1. The summed E-state index contributed by atoms with van der Waals surface area (Å²) in [7, 11) is 0. The number of carbonyl (C=O) groups excluding carboxylic acids is 1. The van der Waals surface area contributed by atoms with Crippen molar-refractivity contribution < 1.29 is 13.7 Å². The zero-order valence-electron chi connectivity index (χ0n) is 14.2. The van der Waals surface area contributed by atoms with E-state index in [2.05, 4.69) is 10.1 Å². The van der Waals surface area contributed by atoms with Crippen molar-refractivity contribution in [3.05, 3.63) is 36.0 Å². The van der Waals surface area contributed by atoms with Gasteiger partial charge in [-0.3, -0.25) is 4.79 Å². The fourth-order valence-electron chi connectivity index (χ4n) is 3.68. The second-order valence-corrected chi connectivity index (χ2v) is 7.12. The Morgan fingerprint density at radius 2 is 2.08 bits per heavy atom. The van der Waals surface area contributed by atoms with Crippen LogP contribution in [0.3, 0.4) is 0 Å². The number of hydrogen-bond acceptors (Lipinski definition) is 4. The molecule has 1 saturated heterocycles. The Hall–Kier alpha value is -2.24. The number of hydrogen-bond donors (Lipinski definition) is 0. The topological polar surface area (TPSA) is 59.2 Å². The summed E-state index contributed by atoms with van der Waals surface area (Å²) in [6, 6.07) is 6.41. The van der Waals surface area contributed by atoms with Gasteiger partial charge in [0, 0.05) is 25.4 Å². The molecule has 0 N–H and O–H groups in total. The molecule has 5 nitrogen and oxygen atoms in total. The third-order valence-corrected chi connectivity index (χ3v) is 5.33. The van der Waals surface area contributed by atoms with Gasteiger partial charge >= 0.3 is 0 Å². The molecule has 2 fully saturated rings. The van der Waals surface area contributed by atoms with Crippen molar-refractivity contribution in [1.82, 2.24) is 15.0 Å². The molecular formula is C19H22FN3O2. The highest BCUT2D eigenvalue weighted by Gasteiger charge is 2.32. The minimum absolute atomic E-state index is 0.245. The van der Waals surface area contributed by atoms with Gasteiger partial charge in [-0.05, 0) is 43.7 Å². The van der Waals surface area contributed by atoms with E-state index in [0.29, 0.717) is 29.7 Å². The van der Waals surface area contributed by atoms with E-state index in [4.69, 9.17) is 4.52 Å². The van der Waals surface area contributed by atoms with Crippen LogP contribution in [-0.4, -0.2) is 34.0 Å². The van der Waals surface area contributed by atoms with Crippen molar-refractivity contribution in [2.75, 3.05) is 13.1 Å². The highest BCUT2D eigenvalue weighted by Crippen LogP contribution is 2.30. The van der Waals surface area contributed by atoms with Crippen LogP contribution in [0.4, 0.5) is 4.39 Å². The Morgan fingerprint density at radius 1 is 1.24 bits per heavy atom. The highest BCUT2D eigenvalue weighted by molar-refractivity contribution is 5.79. The Kier molecular flexibility index (Phi) is 4.51. The van der Waals surface area contributed by atoms with Crippen LogP contribution in [0.1, 0.15) is 38.0 Å². The van der Waals surface area contributed by atoms with E-state index in [1.807, 2.05) is 4.90 Å². The number of halogens is 1. The van der Waals surface area contributed by atoms with E-state index in [1.54, 1.807) is 18.2 Å². The summed E-state index contributed by atoms with van der Waals surface area (Å²) in [5.74, 6) is 1.33. The van der Waals surface area contributed by atoms with E-state index in [0.717, 1.165) is 38.8 Å². The molecule has 0 spiro atoms. The number of nitrogens with zero attached hydrogens (tertiary/aromatic N) is 3. The molecule has 25 heavy (non-hydrogen) atoms. The number of amides is 1. The first-order valence-electron chi connectivity index (χ1n) is 9.07.